The van der Waals surface area contributed by atoms with Crippen molar-refractivity contribution in [2.24, 2.45) is 0 Å². The molecule has 5 heteroatoms. The number of sulfone groups is 1. The molecule has 0 aromatic carbocycles. The number of rotatable bonds is 14. The molecule has 0 saturated heterocycles. The van der Waals surface area contributed by atoms with Crippen LogP contribution in [0.1, 0.15) is 78.1 Å². The van der Waals surface area contributed by atoms with Crippen LogP contribution in [0.2, 0.25) is 0 Å². The van der Waals surface area contributed by atoms with E-state index in [1.807, 2.05) is 0 Å². The third kappa shape index (κ3) is 16.2. The van der Waals surface area contributed by atoms with E-state index in [2.05, 4.69) is 6.92 Å². The van der Waals surface area contributed by atoms with Gasteiger partial charge in [-0.3, -0.25) is 4.79 Å². The van der Waals surface area contributed by atoms with E-state index in [0.717, 1.165) is 50.7 Å². The highest BCUT2D eigenvalue weighted by molar-refractivity contribution is 8.13. The topological polar surface area (TPSA) is 51.2 Å². The van der Waals surface area contributed by atoms with E-state index in [9.17, 15) is 13.2 Å². The highest BCUT2D eigenvalue weighted by Crippen LogP contribution is 2.11. The molecule has 0 rings (SSSR count). The minimum atomic E-state index is -2.84. The van der Waals surface area contributed by atoms with Gasteiger partial charge in [-0.25, -0.2) is 8.42 Å². The third-order valence-electron chi connectivity index (χ3n) is 3.46. The fourth-order valence-corrected chi connectivity index (χ4v) is 4.33. The molecule has 0 saturated carbocycles. The summed E-state index contributed by atoms with van der Waals surface area (Å²) in [6, 6.07) is 0. The molecule has 0 aromatic rings. The first-order chi connectivity index (χ1) is 9.98. The van der Waals surface area contributed by atoms with Crippen LogP contribution in [0.3, 0.4) is 0 Å². The van der Waals surface area contributed by atoms with Crippen LogP contribution in [0.25, 0.3) is 0 Å². The highest BCUT2D eigenvalue weighted by Gasteiger charge is 2.09. The van der Waals surface area contributed by atoms with E-state index < -0.39 is 9.84 Å². The maximum Gasteiger partial charge on any atom is 0.185 e. The van der Waals surface area contributed by atoms with Gasteiger partial charge in [0.2, 0.25) is 0 Å². The molecule has 0 spiro atoms. The summed E-state index contributed by atoms with van der Waals surface area (Å²) in [5, 5.41) is 0.163. The van der Waals surface area contributed by atoms with Crippen LogP contribution in [-0.2, 0) is 14.6 Å². The molecule has 21 heavy (non-hydrogen) atoms. The lowest BCUT2D eigenvalue weighted by molar-refractivity contribution is -0.109. The predicted octanol–water partition coefficient (Wildman–Crippen LogP) is 4.60. The molecule has 126 valence electrons. The first-order valence-electron chi connectivity index (χ1n) is 8.31. The Morgan fingerprint density at radius 1 is 0.810 bits per heavy atom. The van der Waals surface area contributed by atoms with Gasteiger partial charge >= 0.3 is 0 Å². The zero-order chi connectivity index (χ0) is 16.0. The summed E-state index contributed by atoms with van der Waals surface area (Å²) in [6.07, 6.45) is 10.5. The van der Waals surface area contributed by atoms with Gasteiger partial charge in [-0.2, -0.15) is 0 Å². The molecule has 0 unspecified atom stereocenters. The van der Waals surface area contributed by atoms with E-state index in [-0.39, 0.29) is 5.12 Å². The van der Waals surface area contributed by atoms with Gasteiger partial charge in [0.05, 0.1) is 11.5 Å². The van der Waals surface area contributed by atoms with Crippen LogP contribution in [0.5, 0.6) is 0 Å². The monoisotopic (exact) mass is 336 g/mol. The van der Waals surface area contributed by atoms with Crippen LogP contribution in [0.15, 0.2) is 0 Å². The number of hydrogen-bond acceptors (Lipinski definition) is 4. The minimum absolute atomic E-state index is 0.163. The summed E-state index contributed by atoms with van der Waals surface area (Å²) >= 11 is 1.36. The lowest BCUT2D eigenvalue weighted by atomic mass is 10.1. The second kappa shape index (κ2) is 13.6. The Kier molecular flexibility index (Phi) is 13.6. The van der Waals surface area contributed by atoms with Crippen molar-refractivity contribution in [1.82, 2.24) is 0 Å². The molecular weight excluding hydrogens is 304 g/mol. The first-order valence-corrected chi connectivity index (χ1v) is 11.1. The van der Waals surface area contributed by atoms with Gasteiger partial charge in [0.25, 0.3) is 0 Å². The van der Waals surface area contributed by atoms with Crippen molar-refractivity contribution in [1.29, 1.82) is 0 Å². The van der Waals surface area contributed by atoms with Crippen molar-refractivity contribution in [3.63, 3.8) is 0 Å². The van der Waals surface area contributed by atoms with Crippen LogP contribution >= 0.6 is 11.8 Å². The van der Waals surface area contributed by atoms with Gasteiger partial charge in [-0.1, -0.05) is 63.6 Å². The summed E-state index contributed by atoms with van der Waals surface area (Å²) < 4.78 is 23.7. The number of carbonyl (C=O) groups is 1. The van der Waals surface area contributed by atoms with Crippen molar-refractivity contribution in [3.8, 4) is 0 Å². The average Bonchev–Trinajstić information content (AvgIpc) is 2.41. The molecule has 3 nitrogen and oxygen atoms in total. The van der Waals surface area contributed by atoms with Crippen LogP contribution in [0.4, 0.5) is 0 Å². The quantitative estimate of drug-likeness (QED) is 0.435. The summed E-state index contributed by atoms with van der Waals surface area (Å²) in [6.45, 7) is 3.77. The van der Waals surface area contributed by atoms with Gasteiger partial charge < -0.3 is 0 Å². The second-order valence-electron chi connectivity index (χ2n) is 5.67. The van der Waals surface area contributed by atoms with E-state index in [1.54, 1.807) is 6.92 Å². The number of unbranched alkanes of at least 4 members (excludes halogenated alkanes) is 8. The Morgan fingerprint density at radius 2 is 1.29 bits per heavy atom. The van der Waals surface area contributed by atoms with Crippen LogP contribution in [-0.4, -0.2) is 30.8 Å². The Labute approximate surface area is 135 Å². The lowest BCUT2D eigenvalue weighted by Gasteiger charge is -2.05. The number of hydrogen-bond donors (Lipinski definition) is 0. The zero-order valence-electron chi connectivity index (χ0n) is 13.7. The van der Waals surface area contributed by atoms with E-state index in [0.29, 0.717) is 11.5 Å². The second-order valence-corrected chi connectivity index (χ2v) is 9.25. The van der Waals surface area contributed by atoms with E-state index in [1.165, 1.54) is 31.0 Å². The smallest absolute Gasteiger partial charge is 0.185 e. The molecule has 0 amide bonds. The van der Waals surface area contributed by atoms with Crippen molar-refractivity contribution in [2.75, 3.05) is 17.3 Å². The third-order valence-corrected chi connectivity index (χ3v) is 6.18. The highest BCUT2D eigenvalue weighted by atomic mass is 32.2. The van der Waals surface area contributed by atoms with Crippen molar-refractivity contribution < 1.29 is 13.2 Å². The Bertz CT molecular complexity index is 351. The summed E-state index contributed by atoms with van der Waals surface area (Å²) in [5.41, 5.74) is 0. The van der Waals surface area contributed by atoms with Gasteiger partial charge in [0.15, 0.2) is 5.12 Å². The molecule has 0 aliphatic carbocycles. The van der Waals surface area contributed by atoms with Gasteiger partial charge in [-0.05, 0) is 19.3 Å². The van der Waals surface area contributed by atoms with Crippen molar-refractivity contribution >= 4 is 26.7 Å². The lowest BCUT2D eigenvalue weighted by Crippen LogP contribution is -2.11. The fourth-order valence-electron chi connectivity index (χ4n) is 2.20. The van der Waals surface area contributed by atoms with Gasteiger partial charge in [-0.15, -0.1) is 0 Å². The molecular formula is C16H32O3S2. The average molecular weight is 337 g/mol. The summed E-state index contributed by atoms with van der Waals surface area (Å²) in [4.78, 5) is 10.7. The largest absolute Gasteiger partial charge is 0.288 e. The normalized spacial score (nSPS) is 11.7. The Hall–Kier alpha value is -0.0300. The van der Waals surface area contributed by atoms with Crippen molar-refractivity contribution in [3.05, 3.63) is 0 Å². The molecule has 0 aromatic heterocycles. The molecule has 0 atom stereocenters. The Balaban J connectivity index is 3.45. The molecule has 0 radical (unpaired) electrons. The van der Waals surface area contributed by atoms with Crippen molar-refractivity contribution in [2.45, 2.75) is 78.1 Å². The number of carbonyl (C=O) groups excluding carboxylic acids is 1. The van der Waals surface area contributed by atoms with E-state index in [4.69, 9.17) is 0 Å². The van der Waals surface area contributed by atoms with Crippen LogP contribution in [0, 0.1) is 0 Å². The first kappa shape index (κ1) is 21.0. The molecule has 0 bridgehead atoms. The zero-order valence-corrected chi connectivity index (χ0v) is 15.4. The molecule has 0 heterocycles. The molecule has 0 N–H and O–H groups in total. The van der Waals surface area contributed by atoms with Crippen LogP contribution < -0.4 is 0 Å². The maximum absolute atomic E-state index is 11.8. The maximum atomic E-state index is 11.8. The minimum Gasteiger partial charge on any atom is -0.288 e. The SMILES string of the molecule is CCCCCCCCS(=O)(=O)CCCCCCSC(C)=O. The van der Waals surface area contributed by atoms with Gasteiger partial charge in [0, 0.05) is 12.7 Å². The predicted molar refractivity (Wildman–Crippen MR) is 93.6 cm³/mol. The molecule has 0 aliphatic heterocycles. The standard InChI is InChI=1S/C16H32O3S2/c1-3-4-5-6-8-11-14-21(18,19)15-12-9-7-10-13-20-16(2)17/h3-15H2,1-2H3. The van der Waals surface area contributed by atoms with Gasteiger partial charge in [0.1, 0.15) is 9.84 Å². The summed E-state index contributed by atoms with van der Waals surface area (Å²) in [5.74, 6) is 1.56. The summed E-state index contributed by atoms with van der Waals surface area (Å²) in [7, 11) is -2.84. The molecule has 0 aliphatic rings. The number of thioether (sulfide) groups is 1. The van der Waals surface area contributed by atoms with E-state index >= 15 is 0 Å². The Morgan fingerprint density at radius 3 is 1.81 bits per heavy atom. The molecule has 0 fully saturated rings. The fraction of sp³-hybridized carbons (Fsp3) is 0.938.